The van der Waals surface area contributed by atoms with Crippen molar-refractivity contribution in [3.8, 4) is 11.1 Å². The molecule has 2 heterocycles. The van der Waals surface area contributed by atoms with Crippen LogP contribution in [0, 0.1) is 13.8 Å². The maximum absolute atomic E-state index is 2.73. The van der Waals surface area contributed by atoms with E-state index in [9.17, 15) is 0 Å². The van der Waals surface area contributed by atoms with Gasteiger partial charge in [0.15, 0.2) is 0 Å². The normalized spacial score (nSPS) is 17.4. The van der Waals surface area contributed by atoms with Gasteiger partial charge in [0.25, 0.3) is 6.71 Å². The van der Waals surface area contributed by atoms with Crippen molar-refractivity contribution in [1.82, 2.24) is 0 Å². The Morgan fingerprint density at radius 3 is 1.47 bits per heavy atom. The van der Waals surface area contributed by atoms with Gasteiger partial charge in [-0.25, -0.2) is 0 Å². The van der Waals surface area contributed by atoms with Crippen LogP contribution in [0.2, 0.25) is 0 Å². The van der Waals surface area contributed by atoms with Crippen molar-refractivity contribution in [2.75, 3.05) is 14.7 Å². The first-order valence-electron chi connectivity index (χ1n) is 29.1. The predicted octanol–water partition coefficient (Wildman–Crippen LogP) is 18.8. The van der Waals surface area contributed by atoms with E-state index in [4.69, 9.17) is 0 Å². The minimum absolute atomic E-state index is 0.00347. The largest absolute Gasteiger partial charge is 0.311 e. The van der Waals surface area contributed by atoms with Crippen LogP contribution in [0.5, 0.6) is 0 Å². The molecule has 4 aliphatic rings. The third-order valence-electron chi connectivity index (χ3n) is 19.0. The van der Waals surface area contributed by atoms with Gasteiger partial charge in [-0.3, -0.25) is 0 Å². The molecule has 8 aromatic rings. The van der Waals surface area contributed by atoms with Gasteiger partial charge in [-0.05, 0) is 211 Å². The number of benzene rings is 8. The number of rotatable bonds is 6. The molecule has 2 aliphatic carbocycles. The van der Waals surface area contributed by atoms with Crippen LogP contribution in [0.25, 0.3) is 11.1 Å². The van der Waals surface area contributed by atoms with Crippen molar-refractivity contribution in [1.29, 1.82) is 0 Å². The number of anilines is 9. The van der Waals surface area contributed by atoms with Gasteiger partial charge in [-0.15, -0.1) is 0 Å². The molecule has 0 bridgehead atoms. The van der Waals surface area contributed by atoms with Crippen LogP contribution in [0.3, 0.4) is 0 Å². The Bertz CT molecular complexity index is 3650. The van der Waals surface area contributed by atoms with Crippen molar-refractivity contribution in [2.24, 2.45) is 0 Å². The molecule has 0 fully saturated rings. The van der Waals surface area contributed by atoms with Crippen LogP contribution in [0.4, 0.5) is 51.2 Å². The monoisotopic (exact) mass is 1020 g/mol. The van der Waals surface area contributed by atoms with Gasteiger partial charge < -0.3 is 14.7 Å². The summed E-state index contributed by atoms with van der Waals surface area (Å²) in [6.07, 6.45) is 4.66. The third-order valence-corrected chi connectivity index (χ3v) is 19.0. The highest BCUT2D eigenvalue weighted by molar-refractivity contribution is 7.00. The highest BCUT2D eigenvalue weighted by Gasteiger charge is 2.48. The highest BCUT2D eigenvalue weighted by atomic mass is 15.2. The summed E-state index contributed by atoms with van der Waals surface area (Å²) in [5.74, 6) is 0. The number of fused-ring (bicyclic) bond motifs is 6. The molecule has 12 rings (SSSR count). The lowest BCUT2D eigenvalue weighted by atomic mass is 9.33. The van der Waals surface area contributed by atoms with Crippen molar-refractivity contribution < 1.29 is 0 Å². The quantitative estimate of drug-likeness (QED) is 0.154. The Hall–Kier alpha value is -6.78. The fourth-order valence-corrected chi connectivity index (χ4v) is 13.9. The summed E-state index contributed by atoms with van der Waals surface area (Å²) in [6.45, 7) is 38.5. The molecule has 0 saturated heterocycles. The van der Waals surface area contributed by atoms with Gasteiger partial charge in [-0.2, -0.15) is 0 Å². The Labute approximate surface area is 468 Å². The molecule has 2 aliphatic heterocycles. The lowest BCUT2D eigenvalue weighted by molar-refractivity contribution is 0.332. The summed E-state index contributed by atoms with van der Waals surface area (Å²) >= 11 is 0. The molecule has 0 amide bonds. The molecule has 8 aromatic carbocycles. The maximum atomic E-state index is 2.73. The van der Waals surface area contributed by atoms with E-state index in [1.165, 1.54) is 119 Å². The second kappa shape index (κ2) is 17.9. The number of aryl methyl sites for hydroxylation is 2. The molecule has 0 spiro atoms. The number of hydrogen-bond acceptors (Lipinski definition) is 3. The minimum atomic E-state index is -0.0540. The van der Waals surface area contributed by atoms with Gasteiger partial charge in [0.2, 0.25) is 0 Å². The molecular weight excluding hydrogens is 942 g/mol. The molecule has 0 saturated carbocycles. The third kappa shape index (κ3) is 8.45. The van der Waals surface area contributed by atoms with Gasteiger partial charge >= 0.3 is 0 Å². The first-order valence-corrected chi connectivity index (χ1v) is 29.1. The van der Waals surface area contributed by atoms with E-state index in [-0.39, 0.29) is 39.2 Å². The molecule has 0 aromatic heterocycles. The maximum Gasteiger partial charge on any atom is 0.252 e. The smallest absolute Gasteiger partial charge is 0.252 e. The van der Waals surface area contributed by atoms with E-state index >= 15 is 0 Å². The van der Waals surface area contributed by atoms with Gasteiger partial charge in [0.1, 0.15) is 0 Å². The fourth-order valence-electron chi connectivity index (χ4n) is 13.9. The van der Waals surface area contributed by atoms with E-state index in [0.29, 0.717) is 0 Å². The Morgan fingerprint density at radius 1 is 0.397 bits per heavy atom. The first kappa shape index (κ1) is 52.0. The SMILES string of the molecule is Cc1cc2c3c(c1)N(c1ccc(C(C)(C)C)cc1-c1ccc4c(c1)C(C)(C)CCC4(C)C)c1cc4c(cc1B3c1ccc(N(c3ccccc3)c3ccccc3)cc1N2c1cc(C(C)(C)C)ccc1C)C(C)(C)CCC4(C)C. The van der Waals surface area contributed by atoms with Crippen LogP contribution in [0.15, 0.2) is 158 Å². The first-order chi connectivity index (χ1) is 36.7. The van der Waals surface area contributed by atoms with Gasteiger partial charge in [0.05, 0.1) is 5.69 Å². The van der Waals surface area contributed by atoms with Crippen LogP contribution >= 0.6 is 0 Å². The van der Waals surface area contributed by atoms with Crippen molar-refractivity contribution in [2.45, 2.75) is 169 Å². The lowest BCUT2D eigenvalue weighted by Crippen LogP contribution is -2.62. The minimum Gasteiger partial charge on any atom is -0.311 e. The molecule has 0 N–H and O–H groups in total. The van der Waals surface area contributed by atoms with Crippen molar-refractivity contribution in [3.63, 3.8) is 0 Å². The topological polar surface area (TPSA) is 9.72 Å². The standard InChI is InChI=1S/C74H82BN3/c1-47-39-66-68-67(40-47)78(63-43-51(70(6,7)8)29-27-48(63)2)64-44-54(76(52-23-19-17-20-24-52)53-25-21-18-22-26-53)31-33-60(64)75(68)61-45-58-59(74(15,16)38-37-73(58,13)14)46-65(61)77(66)62-34-30-50(69(3,4)5)42-55(62)49-28-32-56-57(41-49)72(11,12)36-35-71(56,9)10/h17-34,39-46H,35-38H2,1-16H3. The molecule has 396 valence electrons. The van der Waals surface area contributed by atoms with Crippen molar-refractivity contribution in [3.05, 3.63) is 202 Å². The summed E-state index contributed by atoms with van der Waals surface area (Å²) in [4.78, 5) is 7.82. The molecule has 78 heavy (non-hydrogen) atoms. The fraction of sp³-hybridized carbons (Fsp3) is 0.351. The van der Waals surface area contributed by atoms with Crippen LogP contribution in [-0.4, -0.2) is 6.71 Å². The zero-order valence-electron chi connectivity index (χ0n) is 49.8. The average molecular weight is 1020 g/mol. The van der Waals surface area contributed by atoms with E-state index in [0.717, 1.165) is 29.9 Å². The summed E-state index contributed by atoms with van der Waals surface area (Å²) in [7, 11) is 0. The van der Waals surface area contributed by atoms with Crippen LogP contribution in [0.1, 0.15) is 167 Å². The average Bonchev–Trinajstić information content (AvgIpc) is 3.23. The zero-order valence-corrected chi connectivity index (χ0v) is 49.8. The summed E-state index contributed by atoms with van der Waals surface area (Å²) in [5.41, 5.74) is 28.7. The number of para-hydroxylation sites is 2. The van der Waals surface area contributed by atoms with E-state index < -0.39 is 0 Å². The Kier molecular flexibility index (Phi) is 11.9. The predicted molar refractivity (Wildman–Crippen MR) is 338 cm³/mol. The van der Waals surface area contributed by atoms with Gasteiger partial charge in [-0.1, -0.05) is 182 Å². The summed E-state index contributed by atoms with van der Waals surface area (Å²) in [5, 5.41) is 0. The van der Waals surface area contributed by atoms with Crippen molar-refractivity contribution >= 4 is 74.3 Å². The molecule has 0 radical (unpaired) electrons. The van der Waals surface area contributed by atoms with E-state index in [1.807, 2.05) is 0 Å². The zero-order chi connectivity index (χ0) is 55.2. The Morgan fingerprint density at radius 2 is 0.897 bits per heavy atom. The lowest BCUT2D eigenvalue weighted by Gasteiger charge is -2.48. The molecule has 0 unspecified atom stereocenters. The summed E-state index contributed by atoms with van der Waals surface area (Å²) in [6, 6.07) is 61.8. The Balaban J connectivity index is 1.20. The molecule has 4 heteroatoms. The second-order valence-electron chi connectivity index (χ2n) is 28.6. The molecule has 3 nitrogen and oxygen atoms in total. The summed E-state index contributed by atoms with van der Waals surface area (Å²) < 4.78 is 0. The highest BCUT2D eigenvalue weighted by Crippen LogP contribution is 2.54. The van der Waals surface area contributed by atoms with Crippen LogP contribution < -0.4 is 31.1 Å². The van der Waals surface area contributed by atoms with Gasteiger partial charge in [0, 0.05) is 51.1 Å². The second-order valence-corrected chi connectivity index (χ2v) is 28.6. The van der Waals surface area contributed by atoms with Crippen LogP contribution in [-0.2, 0) is 32.5 Å². The molecule has 0 atom stereocenters. The number of nitrogens with zero attached hydrogens (tertiary/aromatic N) is 3. The number of hydrogen-bond donors (Lipinski definition) is 0. The van der Waals surface area contributed by atoms with E-state index in [1.54, 1.807) is 0 Å². The van der Waals surface area contributed by atoms with E-state index in [2.05, 4.69) is 283 Å². The molecular formula is C74H82BN3.